The molecule has 2 rings (SSSR count). The molecular formula is C16H23Cl2NO. The monoisotopic (exact) mass is 315 g/mol. The molecule has 1 atom stereocenters. The average molecular weight is 316 g/mol. The first kappa shape index (κ1) is 16.1. The molecule has 2 nitrogen and oxygen atoms in total. The molecule has 1 aromatic rings. The van der Waals surface area contributed by atoms with E-state index in [1.807, 2.05) is 12.1 Å². The molecular weight excluding hydrogens is 293 g/mol. The zero-order chi connectivity index (χ0) is 15.0. The summed E-state index contributed by atoms with van der Waals surface area (Å²) in [5, 5.41) is 5.02. The first-order chi connectivity index (χ1) is 9.20. The van der Waals surface area contributed by atoms with Crippen LogP contribution in [0.1, 0.15) is 39.7 Å². The fraction of sp³-hybridized carbons (Fsp3) is 0.625. The van der Waals surface area contributed by atoms with Gasteiger partial charge in [-0.25, -0.2) is 0 Å². The predicted octanol–water partition coefficient (Wildman–Crippen LogP) is 4.47. The Hall–Kier alpha value is -0.280. The molecule has 1 aliphatic heterocycles. The smallest absolute Gasteiger partial charge is 0.0787 e. The van der Waals surface area contributed by atoms with Crippen molar-refractivity contribution >= 4 is 23.2 Å². The Morgan fingerprint density at radius 3 is 2.50 bits per heavy atom. The number of benzene rings is 1. The van der Waals surface area contributed by atoms with E-state index in [1.165, 1.54) is 0 Å². The molecule has 0 amide bonds. The van der Waals surface area contributed by atoms with Gasteiger partial charge >= 0.3 is 0 Å². The quantitative estimate of drug-likeness (QED) is 0.885. The van der Waals surface area contributed by atoms with E-state index in [4.69, 9.17) is 27.9 Å². The highest BCUT2D eigenvalue weighted by Crippen LogP contribution is 2.37. The Morgan fingerprint density at radius 2 is 1.95 bits per heavy atom. The van der Waals surface area contributed by atoms with Crippen molar-refractivity contribution in [2.45, 2.75) is 57.8 Å². The van der Waals surface area contributed by atoms with E-state index < -0.39 is 0 Å². The molecule has 1 saturated heterocycles. The van der Waals surface area contributed by atoms with Crippen molar-refractivity contribution in [1.82, 2.24) is 5.32 Å². The van der Waals surface area contributed by atoms with E-state index in [0.717, 1.165) is 30.0 Å². The molecule has 0 spiro atoms. The van der Waals surface area contributed by atoms with Crippen LogP contribution in [0.15, 0.2) is 18.2 Å². The van der Waals surface area contributed by atoms with Crippen LogP contribution in [-0.4, -0.2) is 23.8 Å². The Morgan fingerprint density at radius 1 is 1.25 bits per heavy atom. The number of ether oxygens (including phenoxy) is 1. The van der Waals surface area contributed by atoms with Crippen LogP contribution < -0.4 is 5.32 Å². The van der Waals surface area contributed by atoms with E-state index in [0.29, 0.717) is 11.1 Å². The second-order valence-corrected chi connectivity index (χ2v) is 7.51. The average Bonchev–Trinajstić information content (AvgIpc) is 2.49. The van der Waals surface area contributed by atoms with Gasteiger partial charge in [-0.1, -0.05) is 29.3 Å². The van der Waals surface area contributed by atoms with Gasteiger partial charge in [0.05, 0.1) is 11.2 Å². The van der Waals surface area contributed by atoms with Gasteiger partial charge < -0.3 is 10.1 Å². The normalized spacial score (nSPS) is 24.0. The van der Waals surface area contributed by atoms with Gasteiger partial charge in [-0.05, 0) is 64.8 Å². The maximum absolute atomic E-state index is 6.19. The summed E-state index contributed by atoms with van der Waals surface area (Å²) >= 11 is 12.1. The molecule has 1 fully saturated rings. The number of rotatable bonds is 4. The number of halogens is 2. The molecule has 112 valence electrons. The second-order valence-electron chi connectivity index (χ2n) is 6.66. The van der Waals surface area contributed by atoms with Crippen molar-refractivity contribution in [1.29, 1.82) is 0 Å². The van der Waals surface area contributed by atoms with Crippen LogP contribution in [-0.2, 0) is 11.2 Å². The van der Waals surface area contributed by atoms with Crippen molar-refractivity contribution in [3.05, 3.63) is 33.8 Å². The molecule has 1 unspecified atom stereocenters. The summed E-state index contributed by atoms with van der Waals surface area (Å²) < 4.78 is 6.08. The lowest BCUT2D eigenvalue weighted by atomic mass is 9.94. The standard InChI is InChI=1S/C16H23Cl2NO/c1-15(2)10-14(16(3,4)20-15)19-8-7-11-5-6-12(17)9-13(11)18/h5-6,9,14,19H,7-8,10H2,1-4H3. The fourth-order valence-electron chi connectivity index (χ4n) is 2.99. The van der Waals surface area contributed by atoms with Gasteiger partial charge in [0.1, 0.15) is 0 Å². The zero-order valence-electron chi connectivity index (χ0n) is 12.6. The van der Waals surface area contributed by atoms with Crippen LogP contribution in [0.2, 0.25) is 10.0 Å². The third-order valence-corrected chi connectivity index (χ3v) is 4.46. The zero-order valence-corrected chi connectivity index (χ0v) is 14.1. The minimum atomic E-state index is -0.132. The Labute approximate surface area is 131 Å². The van der Waals surface area contributed by atoms with Crippen LogP contribution in [0.4, 0.5) is 0 Å². The SMILES string of the molecule is CC1(C)CC(NCCc2ccc(Cl)cc2Cl)C(C)(C)O1. The molecule has 0 bridgehead atoms. The van der Waals surface area contributed by atoms with Gasteiger partial charge in [0.2, 0.25) is 0 Å². The van der Waals surface area contributed by atoms with Crippen LogP contribution in [0, 0.1) is 0 Å². The molecule has 0 aliphatic carbocycles. The summed E-state index contributed by atoms with van der Waals surface area (Å²) in [6.45, 7) is 9.47. The van der Waals surface area contributed by atoms with E-state index in [9.17, 15) is 0 Å². The topological polar surface area (TPSA) is 21.3 Å². The largest absolute Gasteiger partial charge is 0.368 e. The van der Waals surface area contributed by atoms with Crippen molar-refractivity contribution in [2.24, 2.45) is 0 Å². The van der Waals surface area contributed by atoms with Crippen LogP contribution in [0.3, 0.4) is 0 Å². The lowest BCUT2D eigenvalue weighted by Gasteiger charge is -2.28. The Kier molecular flexibility index (Phi) is 4.70. The summed E-state index contributed by atoms with van der Waals surface area (Å²) in [5.41, 5.74) is 0.936. The number of hydrogen-bond donors (Lipinski definition) is 1. The van der Waals surface area contributed by atoms with Gasteiger partial charge in [0.25, 0.3) is 0 Å². The highest BCUT2D eigenvalue weighted by molar-refractivity contribution is 6.35. The molecule has 0 saturated carbocycles. The summed E-state index contributed by atoms with van der Waals surface area (Å²) in [6.07, 6.45) is 1.91. The Bertz CT molecular complexity index is 485. The molecule has 4 heteroatoms. The summed E-state index contributed by atoms with van der Waals surface area (Å²) in [5.74, 6) is 0. The van der Waals surface area contributed by atoms with E-state index in [1.54, 1.807) is 6.07 Å². The molecule has 1 heterocycles. The van der Waals surface area contributed by atoms with Crippen LogP contribution in [0.25, 0.3) is 0 Å². The molecule has 1 N–H and O–H groups in total. The first-order valence-corrected chi connectivity index (χ1v) is 7.83. The molecule has 1 aliphatic rings. The van der Waals surface area contributed by atoms with E-state index in [-0.39, 0.29) is 11.2 Å². The van der Waals surface area contributed by atoms with Crippen molar-refractivity contribution in [3.8, 4) is 0 Å². The maximum Gasteiger partial charge on any atom is 0.0787 e. The Balaban J connectivity index is 1.90. The lowest BCUT2D eigenvalue weighted by Crippen LogP contribution is -2.44. The van der Waals surface area contributed by atoms with Gasteiger partial charge in [0.15, 0.2) is 0 Å². The van der Waals surface area contributed by atoms with Crippen molar-refractivity contribution < 1.29 is 4.74 Å². The van der Waals surface area contributed by atoms with Gasteiger partial charge in [-0.2, -0.15) is 0 Å². The molecule has 0 radical (unpaired) electrons. The lowest BCUT2D eigenvalue weighted by molar-refractivity contribution is -0.0697. The molecule has 20 heavy (non-hydrogen) atoms. The fourth-order valence-corrected chi connectivity index (χ4v) is 3.49. The summed E-state index contributed by atoms with van der Waals surface area (Å²) in [7, 11) is 0. The van der Waals surface area contributed by atoms with Crippen molar-refractivity contribution in [3.63, 3.8) is 0 Å². The van der Waals surface area contributed by atoms with Crippen LogP contribution >= 0.6 is 23.2 Å². The first-order valence-electron chi connectivity index (χ1n) is 7.07. The van der Waals surface area contributed by atoms with Gasteiger partial charge in [0, 0.05) is 16.1 Å². The molecule has 0 aromatic heterocycles. The highest BCUT2D eigenvalue weighted by atomic mass is 35.5. The van der Waals surface area contributed by atoms with Crippen LogP contribution in [0.5, 0.6) is 0 Å². The minimum Gasteiger partial charge on any atom is -0.368 e. The van der Waals surface area contributed by atoms with E-state index >= 15 is 0 Å². The number of hydrogen-bond acceptors (Lipinski definition) is 2. The van der Waals surface area contributed by atoms with E-state index in [2.05, 4.69) is 33.0 Å². The predicted molar refractivity (Wildman–Crippen MR) is 85.8 cm³/mol. The third kappa shape index (κ3) is 3.88. The summed E-state index contributed by atoms with van der Waals surface area (Å²) in [4.78, 5) is 0. The van der Waals surface area contributed by atoms with Crippen molar-refractivity contribution in [2.75, 3.05) is 6.54 Å². The van der Waals surface area contributed by atoms with Gasteiger partial charge in [-0.3, -0.25) is 0 Å². The summed E-state index contributed by atoms with van der Waals surface area (Å²) in [6, 6.07) is 6.04. The van der Waals surface area contributed by atoms with Gasteiger partial charge in [-0.15, -0.1) is 0 Å². The second kappa shape index (κ2) is 5.84. The minimum absolute atomic E-state index is 0.0565. The third-order valence-electron chi connectivity index (χ3n) is 3.87. The number of nitrogens with one attached hydrogen (secondary N) is 1. The highest BCUT2D eigenvalue weighted by Gasteiger charge is 2.45. The molecule has 1 aromatic carbocycles. The maximum atomic E-state index is 6.19.